The summed E-state index contributed by atoms with van der Waals surface area (Å²) in [6.45, 7) is 6.38. The molecule has 0 bridgehead atoms. The highest BCUT2D eigenvalue weighted by atomic mass is 32.2. The Hall–Kier alpha value is -1.16. The fraction of sp³-hybridized carbons (Fsp3) is 0.500. The van der Waals surface area contributed by atoms with Crippen LogP contribution < -0.4 is 4.74 Å². The van der Waals surface area contributed by atoms with E-state index in [9.17, 15) is 4.79 Å². The summed E-state index contributed by atoms with van der Waals surface area (Å²) in [6.07, 6.45) is 0. The number of hydrogen-bond donors (Lipinski definition) is 1. The number of ether oxygens (including phenoxy) is 1. The highest BCUT2D eigenvalue weighted by Gasteiger charge is 2.21. The summed E-state index contributed by atoms with van der Waals surface area (Å²) in [5.41, 5.74) is 1.10. The zero-order chi connectivity index (χ0) is 13.5. The molecule has 0 aliphatic heterocycles. The van der Waals surface area contributed by atoms with E-state index in [0.29, 0.717) is 12.4 Å². The van der Waals surface area contributed by atoms with Crippen LogP contribution >= 0.6 is 11.8 Å². The van der Waals surface area contributed by atoms with Gasteiger partial charge in [-0.05, 0) is 24.5 Å². The number of carbonyl (C=O) groups is 1. The quantitative estimate of drug-likeness (QED) is 0.771. The lowest BCUT2D eigenvalue weighted by Gasteiger charge is -2.16. The first-order valence-corrected chi connectivity index (χ1v) is 7.10. The SMILES string of the molecule is Cc1ccccc1OCCSC(C(=O)O)C(C)C. The molecule has 0 aliphatic carbocycles. The van der Waals surface area contributed by atoms with E-state index in [2.05, 4.69) is 0 Å². The fourth-order valence-electron chi connectivity index (χ4n) is 1.59. The van der Waals surface area contributed by atoms with Crippen molar-refractivity contribution in [2.75, 3.05) is 12.4 Å². The molecular formula is C14H20O3S. The van der Waals surface area contributed by atoms with Crippen LogP contribution in [0.5, 0.6) is 5.75 Å². The molecule has 0 saturated heterocycles. The Morgan fingerprint density at radius 1 is 1.39 bits per heavy atom. The van der Waals surface area contributed by atoms with Crippen molar-refractivity contribution in [2.45, 2.75) is 26.0 Å². The van der Waals surface area contributed by atoms with Crippen LogP contribution in [-0.4, -0.2) is 28.7 Å². The standard InChI is InChI=1S/C14H20O3S/c1-10(2)13(14(15)16)18-9-8-17-12-7-5-4-6-11(12)3/h4-7,10,13H,8-9H2,1-3H3,(H,15,16). The van der Waals surface area contributed by atoms with Gasteiger partial charge < -0.3 is 9.84 Å². The number of carboxylic acids is 1. The van der Waals surface area contributed by atoms with E-state index in [0.717, 1.165) is 11.3 Å². The summed E-state index contributed by atoms with van der Waals surface area (Å²) in [7, 11) is 0. The van der Waals surface area contributed by atoms with Crippen LogP contribution in [0.1, 0.15) is 19.4 Å². The molecule has 3 nitrogen and oxygen atoms in total. The Bertz CT molecular complexity index is 390. The summed E-state index contributed by atoms with van der Waals surface area (Å²) in [4.78, 5) is 11.0. The second-order valence-electron chi connectivity index (χ2n) is 4.49. The number of thioether (sulfide) groups is 1. The van der Waals surface area contributed by atoms with Crippen LogP contribution in [0.3, 0.4) is 0 Å². The van der Waals surface area contributed by atoms with Gasteiger partial charge in [-0.15, -0.1) is 11.8 Å². The molecule has 1 aromatic rings. The molecule has 0 spiro atoms. The zero-order valence-corrected chi connectivity index (χ0v) is 11.9. The highest BCUT2D eigenvalue weighted by Crippen LogP contribution is 2.21. The molecule has 1 N–H and O–H groups in total. The molecule has 0 heterocycles. The van der Waals surface area contributed by atoms with Crippen LogP contribution in [0.15, 0.2) is 24.3 Å². The molecule has 4 heteroatoms. The van der Waals surface area contributed by atoms with Gasteiger partial charge in [0.15, 0.2) is 0 Å². The largest absolute Gasteiger partial charge is 0.492 e. The molecule has 1 rings (SSSR count). The Morgan fingerprint density at radius 3 is 2.61 bits per heavy atom. The van der Waals surface area contributed by atoms with Crippen LogP contribution in [0.2, 0.25) is 0 Å². The van der Waals surface area contributed by atoms with Crippen molar-refractivity contribution in [3.05, 3.63) is 29.8 Å². The average molecular weight is 268 g/mol. The van der Waals surface area contributed by atoms with Crippen molar-refractivity contribution < 1.29 is 14.6 Å². The van der Waals surface area contributed by atoms with Gasteiger partial charge in [0.2, 0.25) is 0 Å². The van der Waals surface area contributed by atoms with Gasteiger partial charge >= 0.3 is 5.97 Å². The predicted molar refractivity (Wildman–Crippen MR) is 75.4 cm³/mol. The van der Waals surface area contributed by atoms with E-state index in [1.165, 1.54) is 11.8 Å². The summed E-state index contributed by atoms with van der Waals surface area (Å²) >= 11 is 1.44. The maximum absolute atomic E-state index is 11.0. The smallest absolute Gasteiger partial charge is 0.316 e. The van der Waals surface area contributed by atoms with Gasteiger partial charge in [-0.2, -0.15) is 0 Å². The molecule has 18 heavy (non-hydrogen) atoms. The van der Waals surface area contributed by atoms with Gasteiger partial charge in [0, 0.05) is 5.75 Å². The molecule has 0 aromatic heterocycles. The van der Waals surface area contributed by atoms with E-state index in [-0.39, 0.29) is 11.2 Å². The molecule has 0 fully saturated rings. The Balaban J connectivity index is 2.34. The molecule has 1 atom stereocenters. The summed E-state index contributed by atoms with van der Waals surface area (Å²) < 4.78 is 5.63. The Morgan fingerprint density at radius 2 is 2.06 bits per heavy atom. The minimum atomic E-state index is -0.745. The number of hydrogen-bond acceptors (Lipinski definition) is 3. The molecule has 1 unspecified atom stereocenters. The zero-order valence-electron chi connectivity index (χ0n) is 11.1. The molecule has 0 amide bonds. The van der Waals surface area contributed by atoms with E-state index in [1.54, 1.807) is 0 Å². The molecule has 0 aliphatic rings. The average Bonchev–Trinajstić information content (AvgIpc) is 2.30. The molecule has 100 valence electrons. The second kappa shape index (κ2) is 7.31. The van der Waals surface area contributed by atoms with Crippen LogP contribution in [-0.2, 0) is 4.79 Å². The number of aryl methyl sites for hydroxylation is 1. The Labute approximate surface area is 113 Å². The van der Waals surface area contributed by atoms with Gasteiger partial charge in [-0.1, -0.05) is 32.0 Å². The minimum absolute atomic E-state index is 0.131. The van der Waals surface area contributed by atoms with Gasteiger partial charge in [-0.25, -0.2) is 0 Å². The van der Waals surface area contributed by atoms with Crippen molar-refractivity contribution in [1.82, 2.24) is 0 Å². The van der Waals surface area contributed by atoms with Crippen LogP contribution in [0.25, 0.3) is 0 Å². The second-order valence-corrected chi connectivity index (χ2v) is 5.74. The normalized spacial score (nSPS) is 12.4. The topological polar surface area (TPSA) is 46.5 Å². The van der Waals surface area contributed by atoms with Crippen LogP contribution in [0.4, 0.5) is 0 Å². The maximum atomic E-state index is 11.0. The summed E-state index contributed by atoms with van der Waals surface area (Å²) in [5.74, 6) is 0.940. The first-order valence-electron chi connectivity index (χ1n) is 6.05. The lowest BCUT2D eigenvalue weighted by Crippen LogP contribution is -2.23. The molecule has 0 radical (unpaired) electrons. The van der Waals surface area contributed by atoms with Gasteiger partial charge in [0.05, 0.1) is 6.61 Å². The number of rotatable bonds is 7. The maximum Gasteiger partial charge on any atom is 0.316 e. The molecular weight excluding hydrogens is 248 g/mol. The van der Waals surface area contributed by atoms with Crippen molar-refractivity contribution in [3.8, 4) is 5.75 Å². The van der Waals surface area contributed by atoms with E-state index in [4.69, 9.17) is 9.84 Å². The van der Waals surface area contributed by atoms with Crippen molar-refractivity contribution >= 4 is 17.7 Å². The van der Waals surface area contributed by atoms with Gasteiger partial charge in [0.25, 0.3) is 0 Å². The molecule has 1 aromatic carbocycles. The highest BCUT2D eigenvalue weighted by molar-refractivity contribution is 8.00. The Kier molecular flexibility index (Phi) is 6.05. The van der Waals surface area contributed by atoms with Crippen LogP contribution in [0, 0.1) is 12.8 Å². The van der Waals surface area contributed by atoms with Crippen molar-refractivity contribution in [1.29, 1.82) is 0 Å². The number of para-hydroxylation sites is 1. The fourth-order valence-corrected chi connectivity index (χ4v) is 2.55. The number of carboxylic acid groups (broad SMARTS) is 1. The van der Waals surface area contributed by atoms with Gasteiger partial charge in [0.1, 0.15) is 11.0 Å². The van der Waals surface area contributed by atoms with E-state index < -0.39 is 5.97 Å². The van der Waals surface area contributed by atoms with Crippen molar-refractivity contribution in [3.63, 3.8) is 0 Å². The summed E-state index contributed by atoms with van der Waals surface area (Å²) in [6, 6.07) is 7.83. The first kappa shape index (κ1) is 14.9. The monoisotopic (exact) mass is 268 g/mol. The lowest BCUT2D eigenvalue weighted by molar-refractivity contribution is -0.137. The first-order chi connectivity index (χ1) is 8.52. The number of benzene rings is 1. The summed E-state index contributed by atoms with van der Waals surface area (Å²) in [5, 5.41) is 8.69. The predicted octanol–water partition coefficient (Wildman–Crippen LogP) is 3.22. The molecule has 0 saturated carbocycles. The lowest BCUT2D eigenvalue weighted by atomic mass is 10.1. The van der Waals surface area contributed by atoms with Gasteiger partial charge in [-0.3, -0.25) is 4.79 Å². The third-order valence-corrected chi connectivity index (χ3v) is 4.09. The van der Waals surface area contributed by atoms with E-state index >= 15 is 0 Å². The third kappa shape index (κ3) is 4.61. The van der Waals surface area contributed by atoms with E-state index in [1.807, 2.05) is 45.0 Å². The third-order valence-electron chi connectivity index (χ3n) is 2.58. The number of aliphatic carboxylic acids is 1. The minimum Gasteiger partial charge on any atom is -0.492 e. The van der Waals surface area contributed by atoms with Crippen molar-refractivity contribution in [2.24, 2.45) is 5.92 Å².